The van der Waals surface area contributed by atoms with Gasteiger partial charge in [0.15, 0.2) is 0 Å². The third kappa shape index (κ3) is 6.53. The SMILES string of the molecule is Cc1ccc(S(=O)(=O)[O-])cc1.Nc1ccccc1C(=O)OCc1ccccc1. The van der Waals surface area contributed by atoms with E-state index in [0.717, 1.165) is 11.1 Å². The number of carbonyl (C=O) groups is 1. The average Bonchev–Trinajstić information content (AvgIpc) is 2.67. The summed E-state index contributed by atoms with van der Waals surface area (Å²) in [7, 11) is -4.27. The molecule has 0 fully saturated rings. The second-order valence-electron chi connectivity index (χ2n) is 5.92. The lowest BCUT2D eigenvalue weighted by molar-refractivity contribution is 0.0474. The van der Waals surface area contributed by atoms with E-state index >= 15 is 0 Å². The smallest absolute Gasteiger partial charge is 0.340 e. The maximum absolute atomic E-state index is 11.7. The van der Waals surface area contributed by atoms with Crippen LogP contribution in [0.5, 0.6) is 0 Å². The van der Waals surface area contributed by atoms with Crippen molar-refractivity contribution in [3.8, 4) is 0 Å². The van der Waals surface area contributed by atoms with Crippen molar-refractivity contribution in [2.24, 2.45) is 0 Å². The summed E-state index contributed by atoms with van der Waals surface area (Å²) in [4.78, 5) is 11.6. The van der Waals surface area contributed by atoms with E-state index in [0.29, 0.717) is 11.3 Å². The van der Waals surface area contributed by atoms with Gasteiger partial charge in [0.1, 0.15) is 16.7 Å². The van der Waals surface area contributed by atoms with Crippen LogP contribution in [-0.2, 0) is 21.5 Å². The standard InChI is InChI=1S/C14H13NO2.C7H8O3S/c15-13-9-5-4-8-12(13)14(16)17-10-11-6-2-1-3-7-11;1-6-2-4-7(5-3-6)11(8,9)10/h1-9H,10,15H2;2-5H,1H3,(H,8,9,10)/p-1. The molecule has 0 spiro atoms. The second-order valence-corrected chi connectivity index (χ2v) is 7.30. The van der Waals surface area contributed by atoms with Crippen LogP contribution in [0.2, 0.25) is 0 Å². The van der Waals surface area contributed by atoms with Crippen LogP contribution in [0.4, 0.5) is 5.69 Å². The van der Waals surface area contributed by atoms with Gasteiger partial charge in [0, 0.05) is 5.69 Å². The predicted molar refractivity (Wildman–Crippen MR) is 106 cm³/mol. The van der Waals surface area contributed by atoms with Gasteiger partial charge in [0.2, 0.25) is 0 Å². The summed E-state index contributed by atoms with van der Waals surface area (Å²) in [5.41, 5.74) is 8.41. The Labute approximate surface area is 164 Å². The summed E-state index contributed by atoms with van der Waals surface area (Å²) in [6.07, 6.45) is 0. The third-order valence-electron chi connectivity index (χ3n) is 3.70. The molecule has 0 aliphatic rings. The number of hydrogen-bond donors (Lipinski definition) is 1. The summed E-state index contributed by atoms with van der Waals surface area (Å²) in [5.74, 6) is -0.396. The number of para-hydroxylation sites is 1. The van der Waals surface area contributed by atoms with E-state index in [1.54, 1.807) is 36.4 Å². The molecular formula is C21H20NO5S-. The summed E-state index contributed by atoms with van der Waals surface area (Å²) in [6.45, 7) is 2.08. The Morgan fingerprint density at radius 1 is 0.929 bits per heavy atom. The molecule has 0 heterocycles. The van der Waals surface area contributed by atoms with E-state index < -0.39 is 16.1 Å². The molecule has 3 rings (SSSR count). The summed E-state index contributed by atoms with van der Waals surface area (Å²) in [6, 6.07) is 22.2. The minimum atomic E-state index is -4.27. The molecule has 0 radical (unpaired) electrons. The van der Waals surface area contributed by atoms with Crippen LogP contribution in [0.3, 0.4) is 0 Å². The van der Waals surface area contributed by atoms with E-state index in [4.69, 9.17) is 10.5 Å². The Morgan fingerprint density at radius 2 is 1.50 bits per heavy atom. The maximum atomic E-state index is 11.7. The molecule has 0 unspecified atom stereocenters. The fourth-order valence-electron chi connectivity index (χ4n) is 2.19. The normalized spacial score (nSPS) is 10.5. The zero-order chi connectivity index (χ0) is 20.6. The molecule has 0 aromatic heterocycles. The van der Waals surface area contributed by atoms with Crippen molar-refractivity contribution in [2.75, 3.05) is 5.73 Å². The van der Waals surface area contributed by atoms with Crippen LogP contribution in [0.15, 0.2) is 83.8 Å². The van der Waals surface area contributed by atoms with Gasteiger partial charge in [-0.3, -0.25) is 0 Å². The maximum Gasteiger partial charge on any atom is 0.340 e. The van der Waals surface area contributed by atoms with Crippen LogP contribution >= 0.6 is 0 Å². The van der Waals surface area contributed by atoms with Crippen LogP contribution in [0, 0.1) is 6.92 Å². The zero-order valence-corrected chi connectivity index (χ0v) is 16.1. The first-order chi connectivity index (χ1) is 13.3. The summed E-state index contributed by atoms with van der Waals surface area (Å²) >= 11 is 0. The number of rotatable bonds is 4. The first-order valence-electron chi connectivity index (χ1n) is 8.35. The van der Waals surface area contributed by atoms with Crippen LogP contribution < -0.4 is 5.73 Å². The van der Waals surface area contributed by atoms with Crippen LogP contribution in [-0.4, -0.2) is 18.9 Å². The van der Waals surface area contributed by atoms with Crippen LogP contribution in [0.1, 0.15) is 21.5 Å². The molecule has 28 heavy (non-hydrogen) atoms. The van der Waals surface area contributed by atoms with Crippen molar-refractivity contribution >= 4 is 21.8 Å². The molecule has 0 amide bonds. The molecule has 3 aromatic carbocycles. The minimum Gasteiger partial charge on any atom is -0.744 e. The van der Waals surface area contributed by atoms with Crippen molar-refractivity contribution in [3.05, 3.63) is 95.6 Å². The van der Waals surface area contributed by atoms with E-state index in [1.165, 1.54) is 12.1 Å². The highest BCUT2D eigenvalue weighted by atomic mass is 32.2. The Bertz CT molecular complexity index is 1020. The Hall–Kier alpha value is -3.16. The monoisotopic (exact) mass is 398 g/mol. The van der Waals surface area contributed by atoms with Crippen molar-refractivity contribution in [3.63, 3.8) is 0 Å². The molecule has 0 aliphatic carbocycles. The lowest BCUT2D eigenvalue weighted by atomic mass is 10.2. The third-order valence-corrected chi connectivity index (χ3v) is 4.55. The zero-order valence-electron chi connectivity index (χ0n) is 15.2. The average molecular weight is 398 g/mol. The van der Waals surface area contributed by atoms with E-state index in [1.807, 2.05) is 37.3 Å². The fourth-order valence-corrected chi connectivity index (χ4v) is 2.66. The van der Waals surface area contributed by atoms with Crippen LogP contribution in [0.25, 0.3) is 0 Å². The summed E-state index contributed by atoms with van der Waals surface area (Å²) in [5, 5.41) is 0. The molecule has 0 atom stereocenters. The number of nitrogen functional groups attached to an aromatic ring is 1. The van der Waals surface area contributed by atoms with Gasteiger partial charge in [-0.05, 0) is 36.8 Å². The number of ether oxygens (including phenoxy) is 1. The lowest BCUT2D eigenvalue weighted by Gasteiger charge is -2.06. The van der Waals surface area contributed by atoms with Gasteiger partial charge in [-0.2, -0.15) is 0 Å². The van der Waals surface area contributed by atoms with E-state index in [2.05, 4.69) is 0 Å². The molecular weight excluding hydrogens is 378 g/mol. The van der Waals surface area contributed by atoms with Gasteiger partial charge in [0.05, 0.1) is 10.5 Å². The number of anilines is 1. The molecule has 0 saturated carbocycles. The molecule has 6 nitrogen and oxygen atoms in total. The molecule has 0 saturated heterocycles. The lowest BCUT2D eigenvalue weighted by Crippen LogP contribution is -2.07. The molecule has 7 heteroatoms. The Balaban J connectivity index is 0.000000221. The molecule has 3 aromatic rings. The quantitative estimate of drug-likeness (QED) is 0.409. The first kappa shape index (κ1) is 21.1. The highest BCUT2D eigenvalue weighted by molar-refractivity contribution is 7.85. The Kier molecular flexibility index (Phi) is 7.31. The van der Waals surface area contributed by atoms with E-state index in [-0.39, 0.29) is 11.5 Å². The van der Waals surface area contributed by atoms with Gasteiger partial charge < -0.3 is 15.0 Å². The van der Waals surface area contributed by atoms with Gasteiger partial charge in [-0.25, -0.2) is 13.2 Å². The highest BCUT2D eigenvalue weighted by Crippen LogP contribution is 2.13. The van der Waals surface area contributed by atoms with E-state index in [9.17, 15) is 17.8 Å². The fraction of sp³-hybridized carbons (Fsp3) is 0.0952. The number of nitrogens with two attached hydrogens (primary N) is 1. The topological polar surface area (TPSA) is 110 Å². The number of carbonyl (C=O) groups excluding carboxylic acids is 1. The largest absolute Gasteiger partial charge is 0.744 e. The Morgan fingerprint density at radius 3 is 2.07 bits per heavy atom. The molecule has 146 valence electrons. The van der Waals surface area contributed by atoms with Gasteiger partial charge >= 0.3 is 5.97 Å². The number of benzene rings is 3. The van der Waals surface area contributed by atoms with Gasteiger partial charge in [0.25, 0.3) is 0 Å². The first-order valence-corrected chi connectivity index (χ1v) is 9.76. The van der Waals surface area contributed by atoms with Crippen molar-refractivity contribution in [1.29, 1.82) is 0 Å². The highest BCUT2D eigenvalue weighted by Gasteiger charge is 2.10. The number of esters is 1. The predicted octanol–water partition coefficient (Wildman–Crippen LogP) is 3.52. The summed E-state index contributed by atoms with van der Waals surface area (Å²) < 4.78 is 36.3. The molecule has 2 N–H and O–H groups in total. The van der Waals surface area contributed by atoms with Gasteiger partial charge in [-0.15, -0.1) is 0 Å². The van der Waals surface area contributed by atoms with Crippen molar-refractivity contribution < 1.29 is 22.5 Å². The minimum absolute atomic E-state index is 0.178. The molecule has 0 bridgehead atoms. The van der Waals surface area contributed by atoms with Crippen molar-refractivity contribution in [2.45, 2.75) is 18.4 Å². The van der Waals surface area contributed by atoms with Crippen molar-refractivity contribution in [1.82, 2.24) is 0 Å². The number of hydrogen-bond acceptors (Lipinski definition) is 6. The number of aryl methyl sites for hydroxylation is 1. The molecule has 0 aliphatic heterocycles. The second kappa shape index (κ2) is 9.68. The van der Waals surface area contributed by atoms with Gasteiger partial charge in [-0.1, -0.05) is 60.2 Å².